The van der Waals surface area contributed by atoms with E-state index >= 15 is 0 Å². The van der Waals surface area contributed by atoms with Gasteiger partial charge in [-0.15, -0.1) is 0 Å². The fourth-order valence-electron chi connectivity index (χ4n) is 1.73. The van der Waals surface area contributed by atoms with Gasteiger partial charge in [0.1, 0.15) is 5.82 Å². The second-order valence-corrected chi connectivity index (χ2v) is 4.81. The number of anilines is 1. The second kappa shape index (κ2) is 5.78. The van der Waals surface area contributed by atoms with Gasteiger partial charge >= 0.3 is 6.18 Å². The van der Waals surface area contributed by atoms with E-state index in [4.69, 9.17) is 5.73 Å². The number of nitrogens with two attached hydrogens (primary N) is 1. The fourth-order valence-corrected chi connectivity index (χ4v) is 1.73. The summed E-state index contributed by atoms with van der Waals surface area (Å²) < 4.78 is 50.7. The van der Waals surface area contributed by atoms with Crippen LogP contribution in [0, 0.1) is 5.82 Å². The number of hydrogen-bond donors (Lipinski definition) is 2. The van der Waals surface area contributed by atoms with E-state index in [2.05, 4.69) is 5.32 Å². The Morgan fingerprint density at radius 2 is 1.95 bits per heavy atom. The van der Waals surface area contributed by atoms with E-state index in [1.165, 1.54) is 6.92 Å². The van der Waals surface area contributed by atoms with Gasteiger partial charge in [-0.1, -0.05) is 13.3 Å². The first-order valence-corrected chi connectivity index (χ1v) is 6.05. The molecule has 1 aromatic rings. The van der Waals surface area contributed by atoms with Crippen molar-refractivity contribution >= 4 is 11.6 Å². The van der Waals surface area contributed by atoms with Crippen molar-refractivity contribution in [3.8, 4) is 0 Å². The molecule has 0 aromatic heterocycles. The Bertz CT molecular complexity index is 498. The van der Waals surface area contributed by atoms with Crippen LogP contribution in [0.15, 0.2) is 18.2 Å². The van der Waals surface area contributed by atoms with E-state index in [1.54, 1.807) is 0 Å². The molecule has 0 aliphatic heterocycles. The molecule has 0 aliphatic rings. The fraction of sp³-hybridized carbons (Fsp3) is 0.462. The molecule has 112 valence electrons. The van der Waals surface area contributed by atoms with Crippen molar-refractivity contribution in [1.82, 2.24) is 0 Å². The lowest BCUT2D eigenvalue weighted by Gasteiger charge is -2.23. The van der Waals surface area contributed by atoms with Crippen molar-refractivity contribution in [2.45, 2.75) is 38.4 Å². The predicted molar refractivity (Wildman–Crippen MR) is 67.5 cm³/mol. The molecule has 0 spiro atoms. The monoisotopic (exact) mass is 292 g/mol. The molecular weight excluding hydrogens is 276 g/mol. The normalized spacial score (nSPS) is 14.8. The van der Waals surface area contributed by atoms with Crippen LogP contribution in [0.25, 0.3) is 0 Å². The van der Waals surface area contributed by atoms with Crippen molar-refractivity contribution in [3.63, 3.8) is 0 Å². The highest BCUT2D eigenvalue weighted by molar-refractivity contribution is 5.97. The molecule has 1 unspecified atom stereocenters. The zero-order valence-electron chi connectivity index (χ0n) is 11.1. The Hall–Kier alpha value is -1.63. The van der Waals surface area contributed by atoms with E-state index < -0.39 is 29.0 Å². The summed E-state index contributed by atoms with van der Waals surface area (Å²) in [4.78, 5) is 11.9. The number of halogens is 4. The molecule has 0 aliphatic carbocycles. The highest BCUT2D eigenvalue weighted by Crippen LogP contribution is 2.33. The Kier molecular flexibility index (Phi) is 4.75. The maximum absolute atomic E-state index is 13.1. The first kappa shape index (κ1) is 16.4. The van der Waals surface area contributed by atoms with Crippen LogP contribution >= 0.6 is 0 Å². The summed E-state index contributed by atoms with van der Waals surface area (Å²) in [7, 11) is 0. The zero-order valence-corrected chi connectivity index (χ0v) is 11.1. The van der Waals surface area contributed by atoms with Gasteiger partial charge in [0.05, 0.1) is 11.1 Å². The van der Waals surface area contributed by atoms with Gasteiger partial charge < -0.3 is 11.1 Å². The van der Waals surface area contributed by atoms with E-state index in [1.807, 2.05) is 6.92 Å². The van der Waals surface area contributed by atoms with Crippen molar-refractivity contribution < 1.29 is 22.4 Å². The van der Waals surface area contributed by atoms with Crippen LogP contribution < -0.4 is 11.1 Å². The lowest BCUT2D eigenvalue weighted by Crippen LogP contribution is -2.48. The van der Waals surface area contributed by atoms with Gasteiger partial charge in [-0.25, -0.2) is 4.39 Å². The van der Waals surface area contributed by atoms with Gasteiger partial charge in [0.25, 0.3) is 0 Å². The third kappa shape index (κ3) is 3.93. The van der Waals surface area contributed by atoms with Crippen LogP contribution in [0.5, 0.6) is 0 Å². The van der Waals surface area contributed by atoms with Crippen molar-refractivity contribution in [1.29, 1.82) is 0 Å². The molecule has 0 saturated heterocycles. The van der Waals surface area contributed by atoms with Crippen molar-refractivity contribution in [2.24, 2.45) is 5.73 Å². The van der Waals surface area contributed by atoms with Crippen LogP contribution in [-0.2, 0) is 11.0 Å². The third-order valence-electron chi connectivity index (χ3n) is 2.82. The predicted octanol–water partition coefficient (Wildman–Crippen LogP) is 3.30. The van der Waals surface area contributed by atoms with Crippen molar-refractivity contribution in [2.75, 3.05) is 5.32 Å². The Morgan fingerprint density at radius 1 is 1.35 bits per heavy atom. The van der Waals surface area contributed by atoms with E-state index in [-0.39, 0.29) is 5.69 Å². The molecule has 1 rings (SSSR count). The lowest BCUT2D eigenvalue weighted by atomic mass is 9.96. The maximum Gasteiger partial charge on any atom is 0.419 e. The van der Waals surface area contributed by atoms with Gasteiger partial charge in [0.2, 0.25) is 5.91 Å². The highest BCUT2D eigenvalue weighted by Gasteiger charge is 2.35. The number of alkyl halides is 3. The van der Waals surface area contributed by atoms with Crippen molar-refractivity contribution in [3.05, 3.63) is 29.6 Å². The maximum atomic E-state index is 13.1. The summed E-state index contributed by atoms with van der Waals surface area (Å²) in [6, 6.07) is 2.27. The quantitative estimate of drug-likeness (QED) is 0.837. The van der Waals surface area contributed by atoms with Crippen LogP contribution in [0.2, 0.25) is 0 Å². The van der Waals surface area contributed by atoms with Gasteiger partial charge in [-0.2, -0.15) is 13.2 Å². The minimum atomic E-state index is -4.82. The minimum absolute atomic E-state index is 0.142. The Morgan fingerprint density at radius 3 is 2.45 bits per heavy atom. The highest BCUT2D eigenvalue weighted by atomic mass is 19.4. The van der Waals surface area contributed by atoms with Crippen LogP contribution in [-0.4, -0.2) is 11.4 Å². The summed E-state index contributed by atoms with van der Waals surface area (Å²) in [5.74, 6) is -2.00. The SMILES string of the molecule is CCCC(C)(N)C(=O)Nc1ccc(F)c(C(F)(F)F)c1. The van der Waals surface area contributed by atoms with E-state index in [0.717, 1.165) is 6.07 Å². The van der Waals surface area contributed by atoms with Gasteiger partial charge in [-0.05, 0) is 31.5 Å². The van der Waals surface area contributed by atoms with E-state index in [0.29, 0.717) is 25.0 Å². The van der Waals surface area contributed by atoms with Crippen LogP contribution in [0.4, 0.5) is 23.2 Å². The molecule has 0 fully saturated rings. The molecule has 0 saturated carbocycles. The number of amides is 1. The molecule has 20 heavy (non-hydrogen) atoms. The average molecular weight is 292 g/mol. The van der Waals surface area contributed by atoms with Crippen LogP contribution in [0.1, 0.15) is 32.3 Å². The number of rotatable bonds is 4. The summed E-state index contributed by atoms with van der Waals surface area (Å²) in [6.45, 7) is 3.32. The Labute approximate surface area is 114 Å². The summed E-state index contributed by atoms with van der Waals surface area (Å²) in [6.07, 6.45) is -3.79. The minimum Gasteiger partial charge on any atom is -0.324 e. The molecule has 3 N–H and O–H groups in total. The van der Waals surface area contributed by atoms with Gasteiger partial charge in [-0.3, -0.25) is 4.79 Å². The molecular formula is C13H16F4N2O. The first-order chi connectivity index (χ1) is 9.08. The third-order valence-corrected chi connectivity index (χ3v) is 2.82. The topological polar surface area (TPSA) is 55.1 Å². The number of carbonyl (C=O) groups excluding carboxylic acids is 1. The summed E-state index contributed by atoms with van der Waals surface area (Å²) in [5.41, 5.74) is 3.00. The number of benzene rings is 1. The molecule has 1 amide bonds. The largest absolute Gasteiger partial charge is 0.419 e. The molecule has 0 radical (unpaired) electrons. The number of nitrogens with one attached hydrogen (secondary N) is 1. The molecule has 7 heteroatoms. The summed E-state index contributed by atoms with van der Waals surface area (Å²) >= 11 is 0. The number of hydrogen-bond acceptors (Lipinski definition) is 2. The smallest absolute Gasteiger partial charge is 0.324 e. The van der Waals surface area contributed by atoms with E-state index in [9.17, 15) is 22.4 Å². The van der Waals surface area contributed by atoms with Gasteiger partial charge in [0, 0.05) is 5.69 Å². The lowest BCUT2D eigenvalue weighted by molar-refractivity contribution is -0.140. The zero-order chi connectivity index (χ0) is 15.6. The van der Waals surface area contributed by atoms with Gasteiger partial charge in [0.15, 0.2) is 0 Å². The standard InChI is InChI=1S/C13H16F4N2O/c1-3-6-12(2,18)11(20)19-8-4-5-10(14)9(7-8)13(15,16)17/h4-5,7H,3,6,18H2,1-2H3,(H,19,20). The summed E-state index contributed by atoms with van der Waals surface area (Å²) in [5, 5.41) is 2.28. The number of carbonyl (C=O) groups is 1. The molecule has 1 atom stereocenters. The molecule has 0 bridgehead atoms. The van der Waals surface area contributed by atoms with Crippen LogP contribution in [0.3, 0.4) is 0 Å². The second-order valence-electron chi connectivity index (χ2n) is 4.81. The molecule has 0 heterocycles. The molecule has 1 aromatic carbocycles. The molecule has 3 nitrogen and oxygen atoms in total. The first-order valence-electron chi connectivity index (χ1n) is 6.05. The Balaban J connectivity index is 2.97. The average Bonchev–Trinajstić information content (AvgIpc) is 2.30.